The summed E-state index contributed by atoms with van der Waals surface area (Å²) in [6.07, 6.45) is 1.11. The Hall–Kier alpha value is -0.990. The second kappa shape index (κ2) is 6.26. The highest BCUT2D eigenvalue weighted by molar-refractivity contribution is 7.80. The van der Waals surface area contributed by atoms with Gasteiger partial charge in [0.2, 0.25) is 0 Å². The van der Waals surface area contributed by atoms with Gasteiger partial charge in [-0.05, 0) is 36.7 Å². The summed E-state index contributed by atoms with van der Waals surface area (Å²) >= 11 is 4.26. The summed E-state index contributed by atoms with van der Waals surface area (Å²) in [4.78, 5) is 2.33. The highest BCUT2D eigenvalue weighted by Gasteiger charge is 2.00. The minimum absolute atomic E-state index is 0.924. The van der Waals surface area contributed by atoms with Crippen LogP contribution in [0.2, 0.25) is 0 Å². The zero-order valence-electron chi connectivity index (χ0n) is 11.2. The third-order valence-corrected chi connectivity index (χ3v) is 3.52. The molecule has 0 spiro atoms. The lowest BCUT2D eigenvalue weighted by Crippen LogP contribution is -2.23. The lowest BCUT2D eigenvalue weighted by molar-refractivity contribution is 0.361. The molecule has 0 heterocycles. The highest BCUT2D eigenvalue weighted by Crippen LogP contribution is 2.18. The SMILES string of the molecule is Cc1ccc2cc(CCN(C)CCS)ccc2c1. The van der Waals surface area contributed by atoms with Gasteiger partial charge in [-0.1, -0.05) is 42.0 Å². The van der Waals surface area contributed by atoms with E-state index in [0.29, 0.717) is 0 Å². The molecule has 0 N–H and O–H groups in total. The molecule has 0 aliphatic rings. The van der Waals surface area contributed by atoms with E-state index in [1.54, 1.807) is 0 Å². The van der Waals surface area contributed by atoms with E-state index in [1.165, 1.54) is 21.9 Å². The molecule has 18 heavy (non-hydrogen) atoms. The van der Waals surface area contributed by atoms with Crippen LogP contribution in [-0.2, 0) is 6.42 Å². The average Bonchev–Trinajstić information content (AvgIpc) is 2.36. The zero-order chi connectivity index (χ0) is 13.0. The summed E-state index contributed by atoms with van der Waals surface area (Å²) in [6, 6.07) is 13.4. The first-order valence-corrected chi connectivity index (χ1v) is 7.11. The first-order valence-electron chi connectivity index (χ1n) is 6.48. The molecule has 2 heteroatoms. The van der Waals surface area contributed by atoms with Crippen LogP contribution in [0, 0.1) is 6.92 Å². The lowest BCUT2D eigenvalue weighted by Gasteiger charge is -2.15. The van der Waals surface area contributed by atoms with Crippen molar-refractivity contribution in [3.8, 4) is 0 Å². The molecule has 1 nitrogen and oxygen atoms in total. The molecule has 0 aliphatic carbocycles. The van der Waals surface area contributed by atoms with Crippen molar-refractivity contribution < 1.29 is 0 Å². The first kappa shape index (κ1) is 13.4. The van der Waals surface area contributed by atoms with Gasteiger partial charge in [-0.2, -0.15) is 12.6 Å². The van der Waals surface area contributed by atoms with Crippen molar-refractivity contribution in [2.45, 2.75) is 13.3 Å². The second-order valence-corrected chi connectivity index (χ2v) is 5.41. The second-order valence-electron chi connectivity index (χ2n) is 4.96. The number of hydrogen-bond acceptors (Lipinski definition) is 2. The van der Waals surface area contributed by atoms with Gasteiger partial charge in [-0.3, -0.25) is 0 Å². The third-order valence-electron chi connectivity index (χ3n) is 3.32. The van der Waals surface area contributed by atoms with E-state index in [9.17, 15) is 0 Å². The fraction of sp³-hybridized carbons (Fsp3) is 0.375. The van der Waals surface area contributed by atoms with Crippen molar-refractivity contribution in [3.63, 3.8) is 0 Å². The van der Waals surface area contributed by atoms with Gasteiger partial charge in [0.25, 0.3) is 0 Å². The highest BCUT2D eigenvalue weighted by atomic mass is 32.1. The summed E-state index contributed by atoms with van der Waals surface area (Å²) < 4.78 is 0. The Morgan fingerprint density at radius 3 is 2.50 bits per heavy atom. The molecule has 2 rings (SSSR count). The summed E-state index contributed by atoms with van der Waals surface area (Å²) in [5.41, 5.74) is 2.74. The van der Waals surface area contributed by atoms with E-state index in [-0.39, 0.29) is 0 Å². The van der Waals surface area contributed by atoms with E-state index in [4.69, 9.17) is 0 Å². The molecule has 0 amide bonds. The maximum atomic E-state index is 4.26. The third kappa shape index (κ3) is 3.50. The van der Waals surface area contributed by atoms with Crippen molar-refractivity contribution in [2.75, 3.05) is 25.9 Å². The standard InChI is InChI=1S/C16H21NS/c1-13-3-5-16-12-14(4-6-15(16)11-13)7-8-17(2)9-10-18/h3-6,11-12,18H,7-10H2,1-2H3. The first-order chi connectivity index (χ1) is 8.69. The van der Waals surface area contributed by atoms with Crippen LogP contribution < -0.4 is 0 Å². The summed E-state index contributed by atoms with van der Waals surface area (Å²) in [5.74, 6) is 0.924. The minimum Gasteiger partial charge on any atom is -0.305 e. The Morgan fingerprint density at radius 2 is 1.72 bits per heavy atom. The quantitative estimate of drug-likeness (QED) is 0.804. The van der Waals surface area contributed by atoms with Crippen LogP contribution >= 0.6 is 12.6 Å². The monoisotopic (exact) mass is 259 g/mol. The maximum Gasteiger partial charge on any atom is 0.00669 e. The average molecular weight is 259 g/mol. The topological polar surface area (TPSA) is 3.24 Å². The van der Waals surface area contributed by atoms with Crippen molar-refractivity contribution in [3.05, 3.63) is 47.5 Å². The molecule has 2 aromatic carbocycles. The van der Waals surface area contributed by atoms with Crippen LogP contribution in [0.5, 0.6) is 0 Å². The molecule has 0 fully saturated rings. The van der Waals surface area contributed by atoms with E-state index in [0.717, 1.165) is 25.3 Å². The predicted molar refractivity (Wildman–Crippen MR) is 83.7 cm³/mol. The number of nitrogens with zero attached hydrogens (tertiary/aromatic N) is 1. The van der Waals surface area contributed by atoms with Crippen LogP contribution in [0.4, 0.5) is 0 Å². The van der Waals surface area contributed by atoms with Crippen molar-refractivity contribution >= 4 is 23.4 Å². The largest absolute Gasteiger partial charge is 0.305 e. The van der Waals surface area contributed by atoms with Gasteiger partial charge < -0.3 is 4.90 Å². The molecule has 0 aliphatic heterocycles. The fourth-order valence-electron chi connectivity index (χ4n) is 2.17. The molecule has 0 saturated heterocycles. The Labute approximate surface area is 115 Å². The summed E-state index contributed by atoms with van der Waals surface area (Å²) in [6.45, 7) is 4.29. The van der Waals surface area contributed by atoms with Crippen LogP contribution in [0.15, 0.2) is 36.4 Å². The number of hydrogen-bond donors (Lipinski definition) is 1. The van der Waals surface area contributed by atoms with E-state index >= 15 is 0 Å². The molecule has 0 atom stereocenters. The molecule has 0 radical (unpaired) electrons. The smallest absolute Gasteiger partial charge is 0.00669 e. The Morgan fingerprint density at radius 1 is 1.00 bits per heavy atom. The normalized spacial score (nSPS) is 11.3. The Bertz CT molecular complexity index is 521. The molecule has 2 aromatic rings. The molecule has 0 aromatic heterocycles. The number of aryl methyl sites for hydroxylation is 1. The van der Waals surface area contributed by atoms with Gasteiger partial charge in [0.05, 0.1) is 0 Å². The van der Waals surface area contributed by atoms with E-state index in [1.807, 2.05) is 0 Å². The van der Waals surface area contributed by atoms with Crippen LogP contribution in [0.3, 0.4) is 0 Å². The van der Waals surface area contributed by atoms with Crippen molar-refractivity contribution in [2.24, 2.45) is 0 Å². The van der Waals surface area contributed by atoms with Crippen molar-refractivity contribution in [1.82, 2.24) is 4.90 Å². The van der Waals surface area contributed by atoms with Crippen molar-refractivity contribution in [1.29, 1.82) is 0 Å². The summed E-state index contributed by atoms with van der Waals surface area (Å²) in [5, 5.41) is 2.68. The van der Waals surface area contributed by atoms with Gasteiger partial charge >= 0.3 is 0 Å². The Kier molecular flexibility index (Phi) is 4.67. The van der Waals surface area contributed by atoms with Crippen LogP contribution in [0.25, 0.3) is 10.8 Å². The Balaban J connectivity index is 2.08. The summed E-state index contributed by atoms with van der Waals surface area (Å²) in [7, 11) is 2.15. The maximum absolute atomic E-state index is 4.26. The predicted octanol–water partition coefficient (Wildman–Crippen LogP) is 3.55. The van der Waals surface area contributed by atoms with Gasteiger partial charge in [0.1, 0.15) is 0 Å². The lowest BCUT2D eigenvalue weighted by atomic mass is 10.0. The van der Waals surface area contributed by atoms with E-state index < -0.39 is 0 Å². The van der Waals surface area contributed by atoms with Gasteiger partial charge in [-0.15, -0.1) is 0 Å². The molecule has 0 unspecified atom stereocenters. The minimum atomic E-state index is 0.924. The molecule has 0 bridgehead atoms. The van der Waals surface area contributed by atoms with E-state index in [2.05, 4.69) is 67.9 Å². The molecular formula is C16H21NS. The zero-order valence-corrected chi connectivity index (χ0v) is 12.1. The number of rotatable bonds is 5. The van der Waals surface area contributed by atoms with Crippen LogP contribution in [0.1, 0.15) is 11.1 Å². The molecule has 0 saturated carbocycles. The van der Waals surface area contributed by atoms with Gasteiger partial charge in [0, 0.05) is 18.8 Å². The van der Waals surface area contributed by atoms with Gasteiger partial charge in [-0.25, -0.2) is 0 Å². The number of fused-ring (bicyclic) bond motifs is 1. The van der Waals surface area contributed by atoms with Crippen LogP contribution in [-0.4, -0.2) is 30.8 Å². The fourth-order valence-corrected chi connectivity index (χ4v) is 2.51. The molecular weight excluding hydrogens is 238 g/mol. The van der Waals surface area contributed by atoms with Gasteiger partial charge in [0.15, 0.2) is 0 Å². The molecule has 96 valence electrons. The number of likely N-dealkylation sites (N-methyl/N-ethyl adjacent to an activating group) is 1. The number of benzene rings is 2. The number of thiol groups is 1.